The highest BCUT2D eigenvalue weighted by Crippen LogP contribution is 2.15. The predicted molar refractivity (Wildman–Crippen MR) is 72.7 cm³/mol. The first kappa shape index (κ1) is 13.2. The number of halogens is 1. The first-order chi connectivity index (χ1) is 8.58. The highest BCUT2D eigenvalue weighted by Gasteiger charge is 2.05. The Morgan fingerprint density at radius 1 is 1.44 bits per heavy atom. The minimum Gasteiger partial charge on any atom is -0.379 e. The van der Waals surface area contributed by atoms with Crippen molar-refractivity contribution in [2.24, 2.45) is 5.92 Å². The Morgan fingerprint density at radius 3 is 2.94 bits per heavy atom. The van der Waals surface area contributed by atoms with Crippen molar-refractivity contribution in [3.8, 4) is 0 Å². The van der Waals surface area contributed by atoms with Crippen LogP contribution in [0.3, 0.4) is 0 Å². The third-order valence-electron chi connectivity index (χ3n) is 2.65. The van der Waals surface area contributed by atoms with Gasteiger partial charge in [0.05, 0.1) is 17.6 Å². The molecule has 0 radical (unpaired) electrons. The molecule has 0 saturated heterocycles. The van der Waals surface area contributed by atoms with Crippen LogP contribution in [0.1, 0.15) is 13.8 Å². The van der Waals surface area contributed by atoms with Gasteiger partial charge in [-0.3, -0.25) is 0 Å². The van der Waals surface area contributed by atoms with E-state index in [1.165, 1.54) is 12.1 Å². The van der Waals surface area contributed by atoms with E-state index in [1.54, 1.807) is 6.07 Å². The van der Waals surface area contributed by atoms with Gasteiger partial charge in [0.25, 0.3) is 0 Å². The fourth-order valence-corrected chi connectivity index (χ4v) is 2.12. The summed E-state index contributed by atoms with van der Waals surface area (Å²) < 4.78 is 21.2. The minimum absolute atomic E-state index is 0.256. The molecule has 1 N–H and O–H groups in total. The largest absolute Gasteiger partial charge is 0.379 e. The molecule has 18 heavy (non-hydrogen) atoms. The van der Waals surface area contributed by atoms with Crippen LogP contribution in [0.4, 0.5) is 4.39 Å². The standard InChI is InChI=1S/C13H17FN2OS/c1-9(2)8-17-6-5-16-12-7-10(14)3-4-11(12)15-13(16)18/h3-4,7,9H,5-6,8H2,1-2H3,(H,15,18). The molecule has 0 atom stereocenters. The van der Waals surface area contributed by atoms with E-state index in [1.807, 2.05) is 4.57 Å². The maximum atomic E-state index is 13.2. The summed E-state index contributed by atoms with van der Waals surface area (Å²) in [5, 5.41) is 0. The Balaban J connectivity index is 2.14. The average Bonchev–Trinajstić information content (AvgIpc) is 2.60. The van der Waals surface area contributed by atoms with Crippen LogP contribution in [0.2, 0.25) is 0 Å². The number of nitrogens with one attached hydrogen (secondary N) is 1. The molecule has 2 rings (SSSR count). The highest BCUT2D eigenvalue weighted by atomic mass is 32.1. The summed E-state index contributed by atoms with van der Waals surface area (Å²) in [5.74, 6) is 0.256. The lowest BCUT2D eigenvalue weighted by atomic mass is 10.2. The van der Waals surface area contributed by atoms with E-state index in [0.717, 1.165) is 17.6 Å². The zero-order valence-corrected chi connectivity index (χ0v) is 11.4. The van der Waals surface area contributed by atoms with Crippen LogP contribution in [0.15, 0.2) is 18.2 Å². The molecule has 1 heterocycles. The molecule has 2 aromatic rings. The molecule has 0 fully saturated rings. The van der Waals surface area contributed by atoms with Gasteiger partial charge in [0.1, 0.15) is 5.82 Å². The Morgan fingerprint density at radius 2 is 2.22 bits per heavy atom. The second-order valence-corrected chi connectivity index (χ2v) is 5.10. The Labute approximate surface area is 111 Å². The minimum atomic E-state index is -0.256. The second kappa shape index (κ2) is 5.63. The summed E-state index contributed by atoms with van der Waals surface area (Å²) in [6.07, 6.45) is 0. The number of hydrogen-bond donors (Lipinski definition) is 1. The van der Waals surface area contributed by atoms with Gasteiger partial charge in [0.15, 0.2) is 4.77 Å². The number of nitrogens with zero attached hydrogens (tertiary/aromatic N) is 1. The molecule has 5 heteroatoms. The van der Waals surface area contributed by atoms with Crippen molar-refractivity contribution in [3.63, 3.8) is 0 Å². The van der Waals surface area contributed by atoms with Gasteiger partial charge in [-0.15, -0.1) is 0 Å². The average molecular weight is 268 g/mol. The Bertz CT molecular complexity index is 588. The van der Waals surface area contributed by atoms with Crippen molar-refractivity contribution in [1.82, 2.24) is 9.55 Å². The predicted octanol–water partition coefficient (Wildman–Crippen LogP) is 3.51. The number of aromatic nitrogens is 2. The van der Waals surface area contributed by atoms with Crippen molar-refractivity contribution < 1.29 is 9.13 Å². The summed E-state index contributed by atoms with van der Waals surface area (Å²) in [5.41, 5.74) is 1.64. The van der Waals surface area contributed by atoms with Crippen molar-refractivity contribution in [2.45, 2.75) is 20.4 Å². The smallest absolute Gasteiger partial charge is 0.178 e. The number of H-pyrrole nitrogens is 1. The number of aromatic amines is 1. The molecule has 0 spiro atoms. The molecule has 0 saturated carbocycles. The lowest BCUT2D eigenvalue weighted by Crippen LogP contribution is -2.09. The first-order valence-electron chi connectivity index (χ1n) is 6.03. The number of imidazole rings is 1. The van der Waals surface area contributed by atoms with Gasteiger partial charge < -0.3 is 14.3 Å². The number of hydrogen-bond acceptors (Lipinski definition) is 2. The molecule has 0 aliphatic rings. The monoisotopic (exact) mass is 268 g/mol. The molecule has 0 aliphatic carbocycles. The molecule has 1 aromatic heterocycles. The second-order valence-electron chi connectivity index (χ2n) is 4.71. The van der Waals surface area contributed by atoms with Crippen LogP contribution in [-0.2, 0) is 11.3 Å². The summed E-state index contributed by atoms with van der Waals surface area (Å²) in [4.78, 5) is 3.06. The van der Waals surface area contributed by atoms with Crippen molar-refractivity contribution in [1.29, 1.82) is 0 Å². The SMILES string of the molecule is CC(C)COCCn1c(=S)[nH]c2ccc(F)cc21. The lowest BCUT2D eigenvalue weighted by Gasteiger charge is -2.08. The summed E-state index contributed by atoms with van der Waals surface area (Å²) in [6.45, 7) is 6.15. The molecular formula is C13H17FN2OS. The molecule has 0 aliphatic heterocycles. The van der Waals surface area contributed by atoms with E-state index < -0.39 is 0 Å². The van der Waals surface area contributed by atoms with Crippen LogP contribution in [0.5, 0.6) is 0 Å². The number of ether oxygens (including phenoxy) is 1. The van der Waals surface area contributed by atoms with Crippen LogP contribution in [0, 0.1) is 16.5 Å². The van der Waals surface area contributed by atoms with E-state index in [2.05, 4.69) is 18.8 Å². The van der Waals surface area contributed by atoms with E-state index in [0.29, 0.717) is 23.8 Å². The zero-order chi connectivity index (χ0) is 13.1. The molecule has 1 aromatic carbocycles. The van der Waals surface area contributed by atoms with Crippen LogP contribution in [0.25, 0.3) is 11.0 Å². The topological polar surface area (TPSA) is 29.9 Å². The molecule has 98 valence electrons. The Hall–Kier alpha value is -1.20. The molecule has 0 amide bonds. The molecular weight excluding hydrogens is 251 g/mol. The van der Waals surface area contributed by atoms with Gasteiger partial charge in [0, 0.05) is 13.2 Å². The third kappa shape index (κ3) is 2.97. The van der Waals surface area contributed by atoms with Crippen LogP contribution >= 0.6 is 12.2 Å². The molecule has 0 unspecified atom stereocenters. The lowest BCUT2D eigenvalue weighted by molar-refractivity contribution is 0.103. The van der Waals surface area contributed by atoms with E-state index >= 15 is 0 Å². The fraction of sp³-hybridized carbons (Fsp3) is 0.462. The normalized spacial score (nSPS) is 11.6. The fourth-order valence-electron chi connectivity index (χ4n) is 1.82. The van der Waals surface area contributed by atoms with Gasteiger partial charge in [0.2, 0.25) is 0 Å². The van der Waals surface area contributed by atoms with Gasteiger partial charge in [-0.1, -0.05) is 13.8 Å². The maximum absolute atomic E-state index is 13.2. The van der Waals surface area contributed by atoms with Crippen molar-refractivity contribution >= 4 is 23.3 Å². The molecule has 0 bridgehead atoms. The quantitative estimate of drug-likeness (QED) is 0.664. The van der Waals surface area contributed by atoms with Gasteiger partial charge in [-0.05, 0) is 36.3 Å². The van der Waals surface area contributed by atoms with Gasteiger partial charge in [-0.25, -0.2) is 4.39 Å². The summed E-state index contributed by atoms with van der Waals surface area (Å²) >= 11 is 5.23. The highest BCUT2D eigenvalue weighted by molar-refractivity contribution is 7.71. The third-order valence-corrected chi connectivity index (χ3v) is 2.97. The zero-order valence-electron chi connectivity index (χ0n) is 10.6. The molecule has 3 nitrogen and oxygen atoms in total. The van der Waals surface area contributed by atoms with Gasteiger partial charge >= 0.3 is 0 Å². The van der Waals surface area contributed by atoms with E-state index in [-0.39, 0.29) is 5.82 Å². The number of rotatable bonds is 5. The van der Waals surface area contributed by atoms with E-state index in [4.69, 9.17) is 17.0 Å². The van der Waals surface area contributed by atoms with Crippen LogP contribution < -0.4 is 0 Å². The number of fused-ring (bicyclic) bond motifs is 1. The first-order valence-corrected chi connectivity index (χ1v) is 6.44. The summed E-state index contributed by atoms with van der Waals surface area (Å²) in [6, 6.07) is 4.61. The van der Waals surface area contributed by atoms with Crippen LogP contribution in [-0.4, -0.2) is 22.8 Å². The number of benzene rings is 1. The maximum Gasteiger partial charge on any atom is 0.178 e. The van der Waals surface area contributed by atoms with E-state index in [9.17, 15) is 4.39 Å². The van der Waals surface area contributed by atoms with Crippen molar-refractivity contribution in [3.05, 3.63) is 28.8 Å². The van der Waals surface area contributed by atoms with Crippen molar-refractivity contribution in [2.75, 3.05) is 13.2 Å². The Kier molecular flexibility index (Phi) is 4.14. The van der Waals surface area contributed by atoms with Gasteiger partial charge in [-0.2, -0.15) is 0 Å². The summed E-state index contributed by atoms with van der Waals surface area (Å²) in [7, 11) is 0.